The molecule has 0 amide bonds. The summed E-state index contributed by atoms with van der Waals surface area (Å²) in [6.45, 7) is 0.00417. The summed E-state index contributed by atoms with van der Waals surface area (Å²) in [5, 5.41) is 15.6. The molecule has 5 aromatic rings. The zero-order valence-electron chi connectivity index (χ0n) is 16.9. The SMILES string of the molecule is O=c1nc(-c2ccccc2)c(-c2ccccc2)nn1Cc1nnc(Nc2ccccc2)o1. The van der Waals surface area contributed by atoms with Gasteiger partial charge in [-0.1, -0.05) is 84.0 Å². The molecule has 32 heavy (non-hydrogen) atoms. The Balaban J connectivity index is 1.49. The third-order valence-electron chi connectivity index (χ3n) is 4.74. The van der Waals surface area contributed by atoms with Gasteiger partial charge in [0.1, 0.15) is 17.9 Å². The van der Waals surface area contributed by atoms with Gasteiger partial charge in [-0.05, 0) is 12.1 Å². The van der Waals surface area contributed by atoms with Crippen LogP contribution in [0.5, 0.6) is 0 Å². The first-order valence-corrected chi connectivity index (χ1v) is 10.0. The maximum absolute atomic E-state index is 12.8. The Labute approximate surface area is 183 Å². The highest BCUT2D eigenvalue weighted by Gasteiger charge is 2.16. The van der Waals surface area contributed by atoms with E-state index in [0.717, 1.165) is 16.8 Å². The summed E-state index contributed by atoms with van der Waals surface area (Å²) in [5.41, 5.74) is 3.10. The van der Waals surface area contributed by atoms with Gasteiger partial charge in [-0.2, -0.15) is 10.1 Å². The maximum Gasteiger partial charge on any atom is 0.365 e. The summed E-state index contributed by atoms with van der Waals surface area (Å²) in [4.78, 5) is 17.1. The van der Waals surface area contributed by atoms with Gasteiger partial charge in [-0.25, -0.2) is 9.48 Å². The molecule has 0 fully saturated rings. The van der Waals surface area contributed by atoms with Crippen molar-refractivity contribution >= 4 is 11.7 Å². The number of hydrogen-bond donors (Lipinski definition) is 1. The molecule has 0 saturated heterocycles. The first-order chi connectivity index (χ1) is 15.8. The fourth-order valence-corrected chi connectivity index (χ4v) is 3.25. The van der Waals surface area contributed by atoms with Crippen LogP contribution in [-0.4, -0.2) is 25.0 Å². The number of nitrogens with one attached hydrogen (secondary N) is 1. The Morgan fingerprint density at radius 1 is 0.750 bits per heavy atom. The molecule has 0 radical (unpaired) electrons. The first-order valence-electron chi connectivity index (χ1n) is 10.0. The number of rotatable bonds is 6. The monoisotopic (exact) mass is 422 g/mol. The predicted octanol–water partition coefficient (Wildman–Crippen LogP) is 4.15. The number of para-hydroxylation sites is 1. The van der Waals surface area contributed by atoms with Crippen LogP contribution < -0.4 is 11.0 Å². The minimum Gasteiger partial charge on any atom is -0.406 e. The highest BCUT2D eigenvalue weighted by molar-refractivity contribution is 5.77. The van der Waals surface area contributed by atoms with E-state index in [1.54, 1.807) is 0 Å². The lowest BCUT2D eigenvalue weighted by molar-refractivity contribution is 0.463. The number of benzene rings is 3. The van der Waals surface area contributed by atoms with Crippen LogP contribution in [-0.2, 0) is 6.54 Å². The Morgan fingerprint density at radius 3 is 2.00 bits per heavy atom. The van der Waals surface area contributed by atoms with Crippen molar-refractivity contribution in [1.29, 1.82) is 0 Å². The molecule has 5 rings (SSSR count). The first kappa shape index (κ1) is 19.4. The van der Waals surface area contributed by atoms with Crippen LogP contribution in [0.4, 0.5) is 11.7 Å². The molecule has 156 valence electrons. The molecule has 3 aromatic carbocycles. The molecule has 0 spiro atoms. The lowest BCUT2D eigenvalue weighted by Gasteiger charge is -2.10. The fraction of sp³-hybridized carbons (Fsp3) is 0.0417. The van der Waals surface area contributed by atoms with Crippen LogP contribution in [0.25, 0.3) is 22.5 Å². The fourth-order valence-electron chi connectivity index (χ4n) is 3.25. The molecule has 1 N–H and O–H groups in total. The second kappa shape index (κ2) is 8.65. The molecule has 0 atom stereocenters. The molecule has 0 aliphatic heterocycles. The van der Waals surface area contributed by atoms with E-state index in [4.69, 9.17) is 4.42 Å². The summed E-state index contributed by atoms with van der Waals surface area (Å²) in [6, 6.07) is 28.8. The normalized spacial score (nSPS) is 10.8. The van der Waals surface area contributed by atoms with Crippen molar-refractivity contribution < 1.29 is 4.42 Å². The van der Waals surface area contributed by atoms with Gasteiger partial charge in [0, 0.05) is 16.8 Å². The van der Waals surface area contributed by atoms with E-state index in [-0.39, 0.29) is 18.5 Å². The zero-order chi connectivity index (χ0) is 21.8. The summed E-state index contributed by atoms with van der Waals surface area (Å²) in [6.07, 6.45) is 0. The van der Waals surface area contributed by atoms with Crippen LogP contribution in [0.1, 0.15) is 5.89 Å². The van der Waals surface area contributed by atoms with E-state index in [1.807, 2.05) is 91.0 Å². The number of anilines is 2. The van der Waals surface area contributed by atoms with E-state index in [9.17, 15) is 4.79 Å². The highest BCUT2D eigenvalue weighted by Crippen LogP contribution is 2.27. The standard InChI is InChI=1S/C24H18N6O2/c31-24-26-21(17-10-4-1-5-11-17)22(18-12-6-2-7-13-18)29-30(24)16-20-27-28-23(32-20)25-19-14-8-3-9-15-19/h1-15H,16H2,(H,25,28). The van der Waals surface area contributed by atoms with Crippen molar-refractivity contribution in [2.24, 2.45) is 0 Å². The third-order valence-corrected chi connectivity index (χ3v) is 4.74. The summed E-state index contributed by atoms with van der Waals surface area (Å²) in [7, 11) is 0. The van der Waals surface area contributed by atoms with E-state index in [2.05, 4.69) is 25.6 Å². The molecular weight excluding hydrogens is 404 g/mol. The van der Waals surface area contributed by atoms with Crippen molar-refractivity contribution in [3.63, 3.8) is 0 Å². The van der Waals surface area contributed by atoms with Gasteiger partial charge in [0.2, 0.25) is 5.89 Å². The number of aromatic nitrogens is 5. The summed E-state index contributed by atoms with van der Waals surface area (Å²) < 4.78 is 6.88. The highest BCUT2D eigenvalue weighted by atomic mass is 16.4. The minimum absolute atomic E-state index is 0.00417. The van der Waals surface area contributed by atoms with Crippen LogP contribution in [0.3, 0.4) is 0 Å². The van der Waals surface area contributed by atoms with Gasteiger partial charge in [-0.15, -0.1) is 5.10 Å². The van der Waals surface area contributed by atoms with Crippen LogP contribution in [0.15, 0.2) is 100 Å². The second-order valence-corrected chi connectivity index (χ2v) is 6.97. The van der Waals surface area contributed by atoms with E-state index in [0.29, 0.717) is 11.4 Å². The molecule has 2 heterocycles. The minimum atomic E-state index is -0.501. The second-order valence-electron chi connectivity index (χ2n) is 6.97. The molecular formula is C24H18N6O2. The number of hydrogen-bond acceptors (Lipinski definition) is 7. The summed E-state index contributed by atoms with van der Waals surface area (Å²) >= 11 is 0. The van der Waals surface area contributed by atoms with Crippen molar-refractivity contribution in [3.8, 4) is 22.5 Å². The Morgan fingerprint density at radius 2 is 1.34 bits per heavy atom. The Bertz CT molecular complexity index is 1380. The molecule has 8 nitrogen and oxygen atoms in total. The molecule has 0 unspecified atom stereocenters. The Kier molecular flexibility index (Phi) is 5.24. The van der Waals surface area contributed by atoms with Crippen LogP contribution in [0, 0.1) is 0 Å². The average Bonchev–Trinajstić information content (AvgIpc) is 3.28. The van der Waals surface area contributed by atoms with Gasteiger partial charge in [0.15, 0.2) is 0 Å². The quantitative estimate of drug-likeness (QED) is 0.439. The van der Waals surface area contributed by atoms with Gasteiger partial charge in [0.25, 0.3) is 0 Å². The van der Waals surface area contributed by atoms with Gasteiger partial charge < -0.3 is 9.73 Å². The van der Waals surface area contributed by atoms with Crippen molar-refractivity contribution in [3.05, 3.63) is 107 Å². The Hall–Kier alpha value is -4.59. The van der Waals surface area contributed by atoms with Crippen molar-refractivity contribution in [2.45, 2.75) is 6.54 Å². The van der Waals surface area contributed by atoms with Gasteiger partial charge in [-0.3, -0.25) is 0 Å². The molecule has 0 saturated carbocycles. The molecule has 0 aliphatic carbocycles. The van der Waals surface area contributed by atoms with Crippen molar-refractivity contribution in [2.75, 3.05) is 5.32 Å². The van der Waals surface area contributed by atoms with Crippen LogP contribution in [0.2, 0.25) is 0 Å². The van der Waals surface area contributed by atoms with Gasteiger partial charge in [0.05, 0.1) is 0 Å². The molecule has 2 aromatic heterocycles. The van der Waals surface area contributed by atoms with E-state index < -0.39 is 5.69 Å². The zero-order valence-corrected chi connectivity index (χ0v) is 16.9. The van der Waals surface area contributed by atoms with Gasteiger partial charge >= 0.3 is 11.7 Å². The third kappa shape index (κ3) is 4.15. The smallest absolute Gasteiger partial charge is 0.365 e. The number of nitrogens with zero attached hydrogens (tertiary/aromatic N) is 5. The predicted molar refractivity (Wildman–Crippen MR) is 120 cm³/mol. The summed E-state index contributed by atoms with van der Waals surface area (Å²) in [5.74, 6) is 0.242. The lowest BCUT2D eigenvalue weighted by Crippen LogP contribution is -2.27. The maximum atomic E-state index is 12.8. The average molecular weight is 422 g/mol. The van der Waals surface area contributed by atoms with Crippen LogP contribution >= 0.6 is 0 Å². The van der Waals surface area contributed by atoms with E-state index in [1.165, 1.54) is 4.68 Å². The largest absolute Gasteiger partial charge is 0.406 e. The molecule has 8 heteroatoms. The molecule has 0 aliphatic rings. The lowest BCUT2D eigenvalue weighted by atomic mass is 10.0. The van der Waals surface area contributed by atoms with E-state index >= 15 is 0 Å². The van der Waals surface area contributed by atoms with Crippen molar-refractivity contribution in [1.82, 2.24) is 25.0 Å². The topological polar surface area (TPSA) is 98.7 Å². The molecule has 0 bridgehead atoms.